The van der Waals surface area contributed by atoms with Crippen molar-refractivity contribution in [1.29, 1.82) is 0 Å². The molecule has 0 saturated heterocycles. The number of benzene rings is 2. The van der Waals surface area contributed by atoms with Crippen molar-refractivity contribution >= 4 is 39.8 Å². The molecule has 0 saturated carbocycles. The number of hydrogen-bond acceptors (Lipinski definition) is 3. The molecule has 1 aromatic heterocycles. The van der Waals surface area contributed by atoms with Gasteiger partial charge in [0, 0.05) is 17.3 Å². The number of pyridine rings is 1. The smallest absolute Gasteiger partial charge is 0.164 e. The Morgan fingerprint density at radius 1 is 1.00 bits per heavy atom. The van der Waals surface area contributed by atoms with Gasteiger partial charge in [0.1, 0.15) is 5.75 Å². The molecule has 3 nitrogen and oxygen atoms in total. The van der Waals surface area contributed by atoms with Gasteiger partial charge in [0.05, 0.1) is 15.6 Å². The van der Waals surface area contributed by atoms with Crippen molar-refractivity contribution in [2.24, 2.45) is 0 Å². The Hall–Kier alpha value is -1.97. The van der Waals surface area contributed by atoms with Crippen LogP contribution in [0.5, 0.6) is 11.5 Å². The van der Waals surface area contributed by atoms with Crippen molar-refractivity contribution in [1.82, 2.24) is 4.98 Å². The van der Waals surface area contributed by atoms with Crippen molar-refractivity contribution in [2.45, 2.75) is 0 Å². The molecule has 0 unspecified atom stereocenters. The summed E-state index contributed by atoms with van der Waals surface area (Å²) in [6.07, 6.45) is 1.73. The minimum Gasteiger partial charge on any atom is -0.454 e. The maximum atomic E-state index is 6.13. The number of ether oxygens (including phenoxy) is 1. The normalized spacial score (nSPS) is 10.7. The SMILES string of the molecule is Nc1cc(Cl)c(Oc2cccc3ncccc23)c(Cl)c1. The summed E-state index contributed by atoms with van der Waals surface area (Å²) in [4.78, 5) is 4.28. The van der Waals surface area contributed by atoms with E-state index in [2.05, 4.69) is 4.98 Å². The van der Waals surface area contributed by atoms with Crippen LogP contribution in [0.15, 0.2) is 48.7 Å². The van der Waals surface area contributed by atoms with E-state index >= 15 is 0 Å². The molecule has 0 aliphatic carbocycles. The first kappa shape index (κ1) is 13.0. The summed E-state index contributed by atoms with van der Waals surface area (Å²) in [5.74, 6) is 1.03. The monoisotopic (exact) mass is 304 g/mol. The summed E-state index contributed by atoms with van der Waals surface area (Å²) >= 11 is 12.3. The van der Waals surface area contributed by atoms with Crippen LogP contribution in [0.3, 0.4) is 0 Å². The highest BCUT2D eigenvalue weighted by Gasteiger charge is 2.11. The van der Waals surface area contributed by atoms with Crippen LogP contribution in [0.1, 0.15) is 0 Å². The highest BCUT2D eigenvalue weighted by Crippen LogP contribution is 2.39. The predicted molar refractivity (Wildman–Crippen MR) is 82.7 cm³/mol. The molecular weight excluding hydrogens is 295 g/mol. The zero-order chi connectivity index (χ0) is 14.1. The maximum Gasteiger partial charge on any atom is 0.164 e. The average molecular weight is 305 g/mol. The van der Waals surface area contributed by atoms with Crippen LogP contribution in [-0.4, -0.2) is 4.98 Å². The summed E-state index contributed by atoms with van der Waals surface area (Å²) in [5, 5.41) is 1.63. The van der Waals surface area contributed by atoms with E-state index in [9.17, 15) is 0 Å². The van der Waals surface area contributed by atoms with Crippen molar-refractivity contribution in [3.05, 3.63) is 58.7 Å². The van der Waals surface area contributed by atoms with Gasteiger partial charge in [0.15, 0.2) is 5.75 Å². The van der Waals surface area contributed by atoms with Crippen molar-refractivity contribution in [2.75, 3.05) is 5.73 Å². The van der Waals surface area contributed by atoms with Gasteiger partial charge in [0.2, 0.25) is 0 Å². The van der Waals surface area contributed by atoms with Crippen molar-refractivity contribution in [3.63, 3.8) is 0 Å². The molecule has 0 aliphatic heterocycles. The van der Waals surface area contributed by atoms with Gasteiger partial charge in [0.25, 0.3) is 0 Å². The second-order valence-electron chi connectivity index (χ2n) is 4.24. The maximum absolute atomic E-state index is 6.13. The van der Waals surface area contributed by atoms with E-state index in [1.807, 2.05) is 30.3 Å². The first-order valence-electron chi connectivity index (χ1n) is 5.91. The topological polar surface area (TPSA) is 48.1 Å². The van der Waals surface area contributed by atoms with Gasteiger partial charge < -0.3 is 10.5 Å². The molecule has 3 aromatic rings. The van der Waals surface area contributed by atoms with E-state index in [1.165, 1.54) is 0 Å². The lowest BCUT2D eigenvalue weighted by atomic mass is 10.2. The van der Waals surface area contributed by atoms with Gasteiger partial charge in [-0.05, 0) is 36.4 Å². The highest BCUT2D eigenvalue weighted by atomic mass is 35.5. The largest absolute Gasteiger partial charge is 0.454 e. The fraction of sp³-hybridized carbons (Fsp3) is 0. The number of aromatic nitrogens is 1. The Kier molecular flexibility index (Phi) is 3.38. The molecule has 0 fully saturated rings. The van der Waals surface area contributed by atoms with Gasteiger partial charge >= 0.3 is 0 Å². The van der Waals surface area contributed by atoms with Crippen molar-refractivity contribution in [3.8, 4) is 11.5 Å². The number of hydrogen-bond donors (Lipinski definition) is 1. The van der Waals surface area contributed by atoms with Crippen LogP contribution in [-0.2, 0) is 0 Å². The fourth-order valence-electron chi connectivity index (χ4n) is 1.95. The molecule has 5 heteroatoms. The first-order chi connectivity index (χ1) is 9.65. The predicted octanol–water partition coefficient (Wildman–Crippen LogP) is 4.92. The molecule has 0 radical (unpaired) electrons. The van der Waals surface area contributed by atoms with Gasteiger partial charge in [-0.25, -0.2) is 0 Å². The van der Waals surface area contributed by atoms with Crippen LogP contribution in [0.25, 0.3) is 10.9 Å². The number of fused-ring (bicyclic) bond motifs is 1. The Balaban J connectivity index is 2.10. The van der Waals surface area contributed by atoms with E-state index < -0.39 is 0 Å². The molecule has 20 heavy (non-hydrogen) atoms. The summed E-state index contributed by atoms with van der Waals surface area (Å²) < 4.78 is 5.85. The summed E-state index contributed by atoms with van der Waals surface area (Å²) in [7, 11) is 0. The average Bonchev–Trinajstić information content (AvgIpc) is 2.43. The molecule has 1 heterocycles. The van der Waals surface area contributed by atoms with Gasteiger partial charge in [-0.3, -0.25) is 4.98 Å². The molecule has 0 atom stereocenters. The van der Waals surface area contributed by atoms with Crippen LogP contribution in [0.4, 0.5) is 5.69 Å². The Morgan fingerprint density at radius 2 is 1.75 bits per heavy atom. The number of nitrogens with two attached hydrogens (primary N) is 1. The zero-order valence-corrected chi connectivity index (χ0v) is 11.8. The standard InChI is InChI=1S/C15H10Cl2N2O/c16-11-7-9(18)8-12(17)15(11)20-14-5-1-4-13-10(14)3-2-6-19-13/h1-8H,18H2. The summed E-state index contributed by atoms with van der Waals surface area (Å²) in [6, 6.07) is 12.6. The molecular formula is C15H10Cl2N2O. The third-order valence-corrected chi connectivity index (χ3v) is 3.40. The first-order valence-corrected chi connectivity index (χ1v) is 6.67. The summed E-state index contributed by atoms with van der Waals surface area (Å²) in [5.41, 5.74) is 7.01. The highest BCUT2D eigenvalue weighted by molar-refractivity contribution is 6.37. The second-order valence-corrected chi connectivity index (χ2v) is 5.06. The third-order valence-electron chi connectivity index (χ3n) is 2.84. The Labute approximate surface area is 125 Å². The molecule has 100 valence electrons. The molecule has 0 aliphatic rings. The quantitative estimate of drug-likeness (QED) is 0.684. The number of halogens is 2. The lowest BCUT2D eigenvalue weighted by molar-refractivity contribution is 0.489. The summed E-state index contributed by atoms with van der Waals surface area (Å²) in [6.45, 7) is 0. The lowest BCUT2D eigenvalue weighted by Crippen LogP contribution is -1.91. The van der Waals surface area contributed by atoms with Crippen molar-refractivity contribution < 1.29 is 4.74 Å². The Morgan fingerprint density at radius 3 is 2.50 bits per heavy atom. The zero-order valence-electron chi connectivity index (χ0n) is 10.3. The Bertz CT molecular complexity index is 761. The second kappa shape index (κ2) is 5.19. The number of anilines is 1. The fourth-order valence-corrected chi connectivity index (χ4v) is 2.53. The minimum atomic E-state index is 0.371. The molecule has 3 rings (SSSR count). The molecule has 2 aromatic carbocycles. The number of nitrogens with zero attached hydrogens (tertiary/aromatic N) is 1. The van der Waals surface area contributed by atoms with Gasteiger partial charge in [-0.2, -0.15) is 0 Å². The van der Waals surface area contributed by atoms with Gasteiger partial charge in [-0.15, -0.1) is 0 Å². The lowest BCUT2D eigenvalue weighted by Gasteiger charge is -2.12. The van der Waals surface area contributed by atoms with Crippen LogP contribution in [0.2, 0.25) is 10.0 Å². The van der Waals surface area contributed by atoms with E-state index in [4.69, 9.17) is 33.7 Å². The van der Waals surface area contributed by atoms with Crippen LogP contribution >= 0.6 is 23.2 Å². The van der Waals surface area contributed by atoms with Gasteiger partial charge in [-0.1, -0.05) is 29.3 Å². The van der Waals surface area contributed by atoms with E-state index in [0.29, 0.717) is 27.2 Å². The molecule has 0 bridgehead atoms. The minimum absolute atomic E-state index is 0.371. The van der Waals surface area contributed by atoms with Crippen LogP contribution in [0, 0.1) is 0 Å². The van der Waals surface area contributed by atoms with E-state index in [-0.39, 0.29) is 0 Å². The molecule has 0 spiro atoms. The molecule has 0 amide bonds. The number of nitrogen functional groups attached to an aromatic ring is 1. The third kappa shape index (κ3) is 2.38. The molecule has 2 N–H and O–H groups in total. The number of rotatable bonds is 2. The van der Waals surface area contributed by atoms with E-state index in [0.717, 1.165) is 10.9 Å². The van der Waals surface area contributed by atoms with Crippen LogP contribution < -0.4 is 10.5 Å². The van der Waals surface area contributed by atoms with E-state index in [1.54, 1.807) is 18.3 Å².